The molecule has 2 aliphatic rings. The van der Waals surface area contributed by atoms with E-state index in [1.807, 2.05) is 48.5 Å². The van der Waals surface area contributed by atoms with Gasteiger partial charge in [0.1, 0.15) is 0 Å². The van der Waals surface area contributed by atoms with Crippen LogP contribution in [-0.4, -0.2) is 27.7 Å². The van der Waals surface area contributed by atoms with Crippen LogP contribution < -0.4 is 0 Å². The van der Waals surface area contributed by atoms with Crippen molar-refractivity contribution < 1.29 is 14.7 Å². The topological polar surface area (TPSA) is 70.0 Å². The fraction of sp³-hybridized carbons (Fsp3) is 0.208. The molecule has 1 aliphatic carbocycles. The van der Waals surface area contributed by atoms with E-state index < -0.39 is 11.9 Å². The molecule has 2 unspecified atom stereocenters. The molecule has 1 fully saturated rings. The van der Waals surface area contributed by atoms with Gasteiger partial charge in [-0.05, 0) is 66.3 Å². The number of carboxylic acids is 1. The molecule has 2 aromatic carbocycles. The third-order valence-electron chi connectivity index (χ3n) is 5.52. The summed E-state index contributed by atoms with van der Waals surface area (Å²) in [6.45, 7) is 0. The third-order valence-corrected chi connectivity index (χ3v) is 6.58. The zero-order valence-electron chi connectivity index (χ0n) is 16.5. The van der Waals surface area contributed by atoms with Crippen LogP contribution in [0, 0.1) is 5.92 Å². The molecule has 158 valence electrons. The van der Waals surface area contributed by atoms with E-state index in [9.17, 15) is 9.59 Å². The minimum Gasteiger partial charge on any atom is -0.478 e. The van der Waals surface area contributed by atoms with Crippen LogP contribution in [0.1, 0.15) is 36.4 Å². The number of carboxylic acid groups (broad SMARTS) is 1. The summed E-state index contributed by atoms with van der Waals surface area (Å²) in [6, 6.07) is 15.7. The summed E-state index contributed by atoms with van der Waals surface area (Å²) in [7, 11) is 0. The van der Waals surface area contributed by atoms with Crippen LogP contribution in [0.15, 0.2) is 80.3 Å². The van der Waals surface area contributed by atoms with E-state index in [4.69, 9.17) is 10.2 Å². The van der Waals surface area contributed by atoms with Crippen molar-refractivity contribution in [2.45, 2.75) is 25.3 Å². The quantitative estimate of drug-likeness (QED) is 0.482. The maximum atomic E-state index is 12.9. The molecule has 1 saturated carbocycles. The lowest BCUT2D eigenvalue weighted by Gasteiger charge is -2.29. The average Bonchev–Trinajstić information content (AvgIpc) is 3.15. The molecular formula is C24H20Br2N2O3. The monoisotopic (exact) mass is 542 g/mol. The Labute approximate surface area is 197 Å². The van der Waals surface area contributed by atoms with Crippen molar-refractivity contribution in [2.75, 3.05) is 0 Å². The molecule has 0 aromatic heterocycles. The number of allylic oxidation sites excluding steroid dienone is 1. The lowest BCUT2D eigenvalue weighted by molar-refractivity contribution is -0.132. The third kappa shape index (κ3) is 4.88. The van der Waals surface area contributed by atoms with E-state index in [-0.39, 0.29) is 12.0 Å². The summed E-state index contributed by atoms with van der Waals surface area (Å²) in [4.78, 5) is 23.8. The SMILES string of the molecule is O=C(O)/C=C/C(=O)N1N=C2/C(=C\c3ccc(Br)cc3)CCCC2C1c1ccc(Br)cc1. The standard InChI is InChI=1S/C24H20Br2N2O3/c25-18-8-4-15(5-9-18)14-17-2-1-3-20-23(17)27-28(21(29)12-13-22(30)31)24(20)16-6-10-19(26)11-7-16/h4-14,20,24H,1-3H2,(H,30,31)/b13-12+,17-14-. The van der Waals surface area contributed by atoms with Crippen molar-refractivity contribution in [2.24, 2.45) is 11.0 Å². The normalized spacial score (nSPS) is 21.9. The van der Waals surface area contributed by atoms with Gasteiger partial charge in [-0.2, -0.15) is 5.10 Å². The molecule has 1 N–H and O–H groups in total. The number of rotatable bonds is 4. The minimum atomic E-state index is -1.16. The summed E-state index contributed by atoms with van der Waals surface area (Å²) < 4.78 is 1.98. The predicted octanol–water partition coefficient (Wildman–Crippen LogP) is 5.98. The molecule has 0 spiro atoms. The van der Waals surface area contributed by atoms with E-state index >= 15 is 0 Å². The number of hydrogen-bond acceptors (Lipinski definition) is 3. The molecule has 5 nitrogen and oxygen atoms in total. The highest BCUT2D eigenvalue weighted by molar-refractivity contribution is 9.10. The highest BCUT2D eigenvalue weighted by Gasteiger charge is 2.43. The second-order valence-corrected chi connectivity index (χ2v) is 9.39. The van der Waals surface area contributed by atoms with Crippen molar-refractivity contribution in [3.05, 3.63) is 86.3 Å². The smallest absolute Gasteiger partial charge is 0.328 e. The Morgan fingerprint density at radius 3 is 2.29 bits per heavy atom. The molecule has 1 aliphatic heterocycles. The Balaban J connectivity index is 1.74. The van der Waals surface area contributed by atoms with Gasteiger partial charge in [-0.3, -0.25) is 4.79 Å². The minimum absolute atomic E-state index is 0.0683. The summed E-state index contributed by atoms with van der Waals surface area (Å²) >= 11 is 6.92. The summed E-state index contributed by atoms with van der Waals surface area (Å²) in [6.07, 6.45) is 6.90. The Bertz CT molecular complexity index is 1090. The van der Waals surface area contributed by atoms with Crippen LogP contribution in [-0.2, 0) is 9.59 Å². The number of aliphatic carboxylic acids is 1. The highest BCUT2D eigenvalue weighted by Crippen LogP contribution is 2.44. The van der Waals surface area contributed by atoms with Gasteiger partial charge in [0.05, 0.1) is 11.8 Å². The van der Waals surface area contributed by atoms with Gasteiger partial charge in [0.15, 0.2) is 0 Å². The Kier molecular flexibility index (Phi) is 6.53. The molecule has 4 rings (SSSR count). The number of carbonyl (C=O) groups is 2. The van der Waals surface area contributed by atoms with Crippen molar-refractivity contribution in [3.8, 4) is 0 Å². The van der Waals surface area contributed by atoms with Gasteiger partial charge in [0.2, 0.25) is 0 Å². The lowest BCUT2D eigenvalue weighted by Crippen LogP contribution is -2.31. The average molecular weight is 544 g/mol. The number of hydrazone groups is 1. The van der Waals surface area contributed by atoms with Crippen molar-refractivity contribution in [1.29, 1.82) is 0 Å². The van der Waals surface area contributed by atoms with Gasteiger partial charge in [0, 0.05) is 27.0 Å². The maximum Gasteiger partial charge on any atom is 0.328 e. The number of nitrogens with zero attached hydrogens (tertiary/aromatic N) is 2. The van der Waals surface area contributed by atoms with Crippen molar-refractivity contribution >= 4 is 55.5 Å². The maximum absolute atomic E-state index is 12.9. The molecule has 7 heteroatoms. The highest BCUT2D eigenvalue weighted by atomic mass is 79.9. The van der Waals surface area contributed by atoms with Crippen LogP contribution in [0.2, 0.25) is 0 Å². The van der Waals surface area contributed by atoms with Crippen LogP contribution in [0.4, 0.5) is 0 Å². The summed E-state index contributed by atoms with van der Waals surface area (Å²) in [5.74, 6) is -1.52. The van der Waals surface area contributed by atoms with E-state index in [1.54, 1.807) is 0 Å². The zero-order chi connectivity index (χ0) is 22.0. The number of fused-ring (bicyclic) bond motifs is 1. The number of benzene rings is 2. The first-order valence-corrected chi connectivity index (χ1v) is 11.6. The predicted molar refractivity (Wildman–Crippen MR) is 127 cm³/mol. The van der Waals surface area contributed by atoms with Crippen LogP contribution in [0.5, 0.6) is 0 Å². The fourth-order valence-corrected chi connectivity index (χ4v) is 4.68. The van der Waals surface area contributed by atoms with Crippen molar-refractivity contribution in [3.63, 3.8) is 0 Å². The van der Waals surface area contributed by atoms with Gasteiger partial charge in [-0.1, -0.05) is 56.1 Å². The Morgan fingerprint density at radius 2 is 1.65 bits per heavy atom. The van der Waals surface area contributed by atoms with Gasteiger partial charge in [0.25, 0.3) is 5.91 Å². The van der Waals surface area contributed by atoms with Gasteiger partial charge in [-0.15, -0.1) is 0 Å². The number of hydrogen-bond donors (Lipinski definition) is 1. The van der Waals surface area contributed by atoms with Crippen LogP contribution >= 0.6 is 31.9 Å². The molecule has 0 radical (unpaired) electrons. The van der Waals surface area contributed by atoms with Gasteiger partial charge < -0.3 is 5.11 Å². The Morgan fingerprint density at radius 1 is 1.00 bits per heavy atom. The summed E-state index contributed by atoms with van der Waals surface area (Å²) in [5, 5.41) is 15.1. The second-order valence-electron chi connectivity index (χ2n) is 7.56. The molecular weight excluding hydrogens is 524 g/mol. The molecule has 31 heavy (non-hydrogen) atoms. The molecule has 2 aromatic rings. The molecule has 0 bridgehead atoms. The largest absolute Gasteiger partial charge is 0.478 e. The first-order valence-electron chi connectivity index (χ1n) is 9.97. The summed E-state index contributed by atoms with van der Waals surface area (Å²) in [5.41, 5.74) is 4.10. The van der Waals surface area contributed by atoms with Crippen LogP contribution in [0.25, 0.3) is 6.08 Å². The lowest BCUT2D eigenvalue weighted by atomic mass is 9.77. The molecule has 1 amide bonds. The van der Waals surface area contributed by atoms with E-state index in [1.165, 1.54) is 5.01 Å². The van der Waals surface area contributed by atoms with E-state index in [2.05, 4.69) is 37.9 Å². The zero-order valence-corrected chi connectivity index (χ0v) is 19.7. The Hall–Kier alpha value is -2.51. The van der Waals surface area contributed by atoms with Gasteiger partial charge in [-0.25, -0.2) is 9.80 Å². The number of halogens is 2. The van der Waals surface area contributed by atoms with E-state index in [0.717, 1.165) is 62.8 Å². The number of amides is 1. The van der Waals surface area contributed by atoms with Gasteiger partial charge >= 0.3 is 5.97 Å². The first kappa shape index (κ1) is 21.7. The molecule has 0 saturated heterocycles. The first-order chi connectivity index (χ1) is 14.9. The number of carbonyl (C=O) groups excluding carboxylic acids is 1. The fourth-order valence-electron chi connectivity index (χ4n) is 4.15. The van der Waals surface area contributed by atoms with Crippen molar-refractivity contribution in [1.82, 2.24) is 5.01 Å². The van der Waals surface area contributed by atoms with E-state index in [0.29, 0.717) is 0 Å². The second kappa shape index (κ2) is 9.32. The molecule has 1 heterocycles. The molecule has 2 atom stereocenters. The van der Waals surface area contributed by atoms with Crippen LogP contribution in [0.3, 0.4) is 0 Å².